The third-order valence-electron chi connectivity index (χ3n) is 2.97. The van der Waals surface area contributed by atoms with E-state index in [1.807, 2.05) is 0 Å². The van der Waals surface area contributed by atoms with Gasteiger partial charge in [-0.2, -0.15) is 0 Å². The summed E-state index contributed by atoms with van der Waals surface area (Å²) in [5, 5.41) is 13.4. The van der Waals surface area contributed by atoms with Crippen LogP contribution >= 0.6 is 11.6 Å². The van der Waals surface area contributed by atoms with Crippen LogP contribution in [0.1, 0.15) is 22.0 Å². The van der Waals surface area contributed by atoms with Gasteiger partial charge >= 0.3 is 0 Å². The Balaban J connectivity index is 2.21. The molecule has 0 aromatic heterocycles. The van der Waals surface area contributed by atoms with Gasteiger partial charge in [-0.05, 0) is 30.3 Å². The lowest BCUT2D eigenvalue weighted by atomic mass is 10.1. The van der Waals surface area contributed by atoms with E-state index in [0.29, 0.717) is 11.3 Å². The fourth-order valence-corrected chi connectivity index (χ4v) is 2.17. The molecule has 1 amide bonds. The number of carbonyl (C=O) groups is 2. The van der Waals surface area contributed by atoms with Crippen molar-refractivity contribution in [3.63, 3.8) is 0 Å². The molecule has 6 nitrogen and oxygen atoms in total. The Hall–Kier alpha value is -2.73. The van der Waals surface area contributed by atoms with Gasteiger partial charge in [-0.25, -0.2) is 0 Å². The number of nitrogens with one attached hydrogen (secondary N) is 1. The number of aldehydes is 1. The van der Waals surface area contributed by atoms with Crippen LogP contribution in [0.3, 0.4) is 0 Å². The van der Waals surface area contributed by atoms with Crippen molar-refractivity contribution in [2.45, 2.75) is 6.04 Å². The normalized spacial score (nSPS) is 11.5. The van der Waals surface area contributed by atoms with Crippen molar-refractivity contribution in [1.29, 1.82) is 0 Å². The Morgan fingerprint density at radius 2 is 1.91 bits per heavy atom. The molecule has 1 unspecified atom stereocenters. The Morgan fingerprint density at radius 1 is 1.23 bits per heavy atom. The molecule has 0 aliphatic rings. The van der Waals surface area contributed by atoms with E-state index >= 15 is 0 Å². The SMILES string of the molecule is O=CC(c1ccc(NC(=O)c2ccccc2)cc1Cl)[N+](=O)[O-]. The summed E-state index contributed by atoms with van der Waals surface area (Å²) < 4.78 is 0. The van der Waals surface area contributed by atoms with Gasteiger partial charge in [0.15, 0.2) is 6.29 Å². The molecule has 0 heterocycles. The standard InChI is InChI=1S/C15H11ClN2O4/c16-13-8-11(6-7-12(13)14(9-19)18(21)22)17-15(20)10-4-2-1-3-5-10/h1-9,14H,(H,17,20). The maximum Gasteiger partial charge on any atom is 0.293 e. The van der Waals surface area contributed by atoms with E-state index < -0.39 is 11.0 Å². The average Bonchev–Trinajstić information content (AvgIpc) is 2.50. The molecule has 22 heavy (non-hydrogen) atoms. The number of rotatable bonds is 5. The Labute approximate surface area is 130 Å². The molecular formula is C15H11ClN2O4. The molecule has 0 saturated carbocycles. The van der Waals surface area contributed by atoms with Crippen molar-refractivity contribution in [1.82, 2.24) is 0 Å². The lowest BCUT2D eigenvalue weighted by Gasteiger charge is -2.09. The second kappa shape index (κ2) is 6.82. The summed E-state index contributed by atoms with van der Waals surface area (Å²) in [7, 11) is 0. The summed E-state index contributed by atoms with van der Waals surface area (Å²) in [5.41, 5.74) is 0.939. The third-order valence-corrected chi connectivity index (χ3v) is 3.30. The first-order chi connectivity index (χ1) is 10.5. The first kappa shape index (κ1) is 15.7. The van der Waals surface area contributed by atoms with Gasteiger partial charge in [-0.3, -0.25) is 19.7 Å². The Bertz CT molecular complexity index is 719. The van der Waals surface area contributed by atoms with Crippen molar-refractivity contribution in [3.8, 4) is 0 Å². The van der Waals surface area contributed by atoms with Crippen molar-refractivity contribution >= 4 is 29.5 Å². The summed E-state index contributed by atoms with van der Waals surface area (Å²) >= 11 is 5.96. The predicted molar refractivity (Wildman–Crippen MR) is 81.6 cm³/mol. The zero-order valence-electron chi connectivity index (χ0n) is 11.2. The molecule has 7 heteroatoms. The van der Waals surface area contributed by atoms with Gasteiger partial charge < -0.3 is 5.32 Å². The number of hydrogen-bond acceptors (Lipinski definition) is 4. The average molecular weight is 319 g/mol. The van der Waals surface area contributed by atoms with E-state index in [4.69, 9.17) is 11.6 Å². The van der Waals surface area contributed by atoms with E-state index in [-0.39, 0.29) is 22.8 Å². The van der Waals surface area contributed by atoms with Crippen LogP contribution in [0.2, 0.25) is 5.02 Å². The van der Waals surface area contributed by atoms with E-state index in [9.17, 15) is 19.7 Å². The lowest BCUT2D eigenvalue weighted by molar-refractivity contribution is -0.511. The monoisotopic (exact) mass is 318 g/mol. The Morgan fingerprint density at radius 3 is 2.45 bits per heavy atom. The number of halogens is 1. The zero-order valence-corrected chi connectivity index (χ0v) is 12.0. The summed E-state index contributed by atoms with van der Waals surface area (Å²) in [6, 6.07) is 11.2. The fraction of sp³-hybridized carbons (Fsp3) is 0.0667. The van der Waals surface area contributed by atoms with Gasteiger partial charge in [0.25, 0.3) is 11.9 Å². The Kier molecular flexibility index (Phi) is 4.85. The van der Waals surface area contributed by atoms with Crippen molar-refractivity contribution in [2.75, 3.05) is 5.32 Å². The van der Waals surface area contributed by atoms with Gasteiger partial charge in [0.2, 0.25) is 0 Å². The summed E-state index contributed by atoms with van der Waals surface area (Å²) in [5.74, 6) is -0.328. The van der Waals surface area contributed by atoms with Crippen LogP contribution < -0.4 is 5.32 Å². The van der Waals surface area contributed by atoms with Crippen molar-refractivity contribution in [2.24, 2.45) is 0 Å². The largest absolute Gasteiger partial charge is 0.322 e. The first-order valence-corrected chi connectivity index (χ1v) is 6.65. The van der Waals surface area contributed by atoms with Crippen LogP contribution in [0.4, 0.5) is 5.69 Å². The number of nitrogens with zero attached hydrogens (tertiary/aromatic N) is 1. The molecule has 1 N–H and O–H groups in total. The second-order valence-electron chi connectivity index (χ2n) is 4.42. The topological polar surface area (TPSA) is 89.3 Å². The summed E-state index contributed by atoms with van der Waals surface area (Å²) in [6.07, 6.45) is 0.212. The molecule has 0 saturated heterocycles. The van der Waals surface area contributed by atoms with Crippen LogP contribution in [0, 0.1) is 10.1 Å². The molecule has 2 aromatic rings. The number of nitro groups is 1. The molecule has 2 rings (SSSR count). The number of anilines is 1. The maximum atomic E-state index is 12.0. The van der Waals surface area contributed by atoms with E-state index in [2.05, 4.69) is 5.32 Å². The molecule has 1 atom stereocenters. The molecule has 0 radical (unpaired) electrons. The third kappa shape index (κ3) is 3.48. The number of amides is 1. The minimum atomic E-state index is -1.52. The highest BCUT2D eigenvalue weighted by molar-refractivity contribution is 6.32. The summed E-state index contributed by atoms with van der Waals surface area (Å²) in [6.45, 7) is 0. The van der Waals surface area contributed by atoms with Crippen molar-refractivity contribution in [3.05, 3.63) is 74.8 Å². The quantitative estimate of drug-likeness (QED) is 0.521. The molecular weight excluding hydrogens is 308 g/mol. The highest BCUT2D eigenvalue weighted by Gasteiger charge is 2.24. The molecule has 2 aromatic carbocycles. The number of carbonyl (C=O) groups excluding carboxylic acids is 2. The number of hydrogen-bond donors (Lipinski definition) is 1. The molecule has 0 aliphatic heterocycles. The zero-order chi connectivity index (χ0) is 16.1. The molecule has 0 bridgehead atoms. The van der Waals surface area contributed by atoms with Crippen LogP contribution in [0.15, 0.2) is 48.5 Å². The second-order valence-corrected chi connectivity index (χ2v) is 4.83. The van der Waals surface area contributed by atoms with Gasteiger partial charge in [0.05, 0.1) is 10.6 Å². The van der Waals surface area contributed by atoms with Crippen LogP contribution in [0.5, 0.6) is 0 Å². The van der Waals surface area contributed by atoms with Crippen molar-refractivity contribution < 1.29 is 14.5 Å². The maximum absolute atomic E-state index is 12.0. The minimum Gasteiger partial charge on any atom is -0.322 e. The smallest absolute Gasteiger partial charge is 0.293 e. The van der Waals surface area contributed by atoms with Gasteiger partial charge in [-0.15, -0.1) is 0 Å². The number of benzene rings is 2. The highest BCUT2D eigenvalue weighted by atomic mass is 35.5. The lowest BCUT2D eigenvalue weighted by Crippen LogP contribution is -2.14. The van der Waals surface area contributed by atoms with E-state index in [1.165, 1.54) is 18.2 Å². The predicted octanol–water partition coefficient (Wildman–Crippen LogP) is 3.11. The highest BCUT2D eigenvalue weighted by Crippen LogP contribution is 2.27. The molecule has 112 valence electrons. The van der Waals surface area contributed by atoms with Gasteiger partial charge in [-0.1, -0.05) is 29.8 Å². The van der Waals surface area contributed by atoms with Crippen LogP contribution in [0.25, 0.3) is 0 Å². The fourth-order valence-electron chi connectivity index (χ4n) is 1.87. The molecule has 0 aliphatic carbocycles. The van der Waals surface area contributed by atoms with Crippen LogP contribution in [-0.4, -0.2) is 17.1 Å². The molecule has 0 spiro atoms. The van der Waals surface area contributed by atoms with Crippen LogP contribution in [-0.2, 0) is 4.79 Å². The van der Waals surface area contributed by atoms with E-state index in [0.717, 1.165) is 0 Å². The molecule has 0 fully saturated rings. The van der Waals surface area contributed by atoms with E-state index in [1.54, 1.807) is 30.3 Å². The van der Waals surface area contributed by atoms with Gasteiger partial charge in [0.1, 0.15) is 0 Å². The minimum absolute atomic E-state index is 0.0414. The van der Waals surface area contributed by atoms with Gasteiger partial charge in [0, 0.05) is 16.2 Å². The summed E-state index contributed by atoms with van der Waals surface area (Å²) in [4.78, 5) is 32.8. The first-order valence-electron chi connectivity index (χ1n) is 6.27.